The third-order valence-corrected chi connectivity index (χ3v) is 3.25. The second-order valence-electron chi connectivity index (χ2n) is 5.16. The van der Waals surface area contributed by atoms with Gasteiger partial charge in [-0.3, -0.25) is 4.98 Å². The van der Waals surface area contributed by atoms with Gasteiger partial charge in [-0.25, -0.2) is 0 Å². The van der Waals surface area contributed by atoms with Gasteiger partial charge in [-0.05, 0) is 56.4 Å². The zero-order chi connectivity index (χ0) is 13.5. The third kappa shape index (κ3) is 5.03. The molecule has 1 aliphatic carbocycles. The topological polar surface area (TPSA) is 34.1 Å². The lowest BCUT2D eigenvalue weighted by Crippen LogP contribution is -2.16. The molecule has 2 rings (SSSR count). The first-order chi connectivity index (χ1) is 9.29. The molecule has 0 unspecified atom stereocenters. The maximum Gasteiger partial charge on any atom is 0.138 e. The maximum absolute atomic E-state index is 5.61. The lowest BCUT2D eigenvalue weighted by atomic mass is 10.1. The van der Waals surface area contributed by atoms with Crippen LogP contribution in [-0.2, 0) is 0 Å². The van der Waals surface area contributed by atoms with Crippen molar-refractivity contribution in [1.29, 1.82) is 0 Å². The molecule has 1 fully saturated rings. The predicted molar refractivity (Wildman–Crippen MR) is 79.3 cm³/mol. The van der Waals surface area contributed by atoms with Crippen molar-refractivity contribution in [3.05, 3.63) is 30.1 Å². The zero-order valence-corrected chi connectivity index (χ0v) is 12.0. The van der Waals surface area contributed by atoms with E-state index < -0.39 is 0 Å². The van der Waals surface area contributed by atoms with Gasteiger partial charge in [-0.2, -0.15) is 0 Å². The van der Waals surface area contributed by atoms with Crippen molar-refractivity contribution < 1.29 is 4.74 Å². The van der Waals surface area contributed by atoms with Crippen LogP contribution in [0.25, 0.3) is 5.57 Å². The molecule has 0 bridgehead atoms. The van der Waals surface area contributed by atoms with E-state index in [0.29, 0.717) is 0 Å². The number of ether oxygens (including phenoxy) is 1. The molecular formula is C16H24N2O. The molecule has 0 aromatic carbocycles. The Balaban J connectivity index is 1.85. The molecule has 1 aromatic heterocycles. The van der Waals surface area contributed by atoms with Gasteiger partial charge in [-0.15, -0.1) is 0 Å². The van der Waals surface area contributed by atoms with E-state index in [4.69, 9.17) is 4.74 Å². The average molecular weight is 260 g/mol. The van der Waals surface area contributed by atoms with Crippen molar-refractivity contribution >= 4 is 5.57 Å². The number of rotatable bonds is 8. The Morgan fingerprint density at radius 2 is 2.32 bits per heavy atom. The molecule has 1 saturated carbocycles. The number of aromatic nitrogens is 1. The third-order valence-electron chi connectivity index (χ3n) is 3.25. The highest BCUT2D eigenvalue weighted by Crippen LogP contribution is 2.20. The molecule has 1 aromatic rings. The quantitative estimate of drug-likeness (QED) is 0.727. The Hall–Kier alpha value is -1.35. The minimum atomic E-state index is 0.749. The van der Waals surface area contributed by atoms with Crippen molar-refractivity contribution in [1.82, 2.24) is 10.3 Å². The van der Waals surface area contributed by atoms with Crippen LogP contribution in [0.5, 0.6) is 5.75 Å². The standard InChI is InChI=1S/C16H24N2O/c1-3-9-19-16-10-14(11-17-12-16)13(2)5-4-8-18-15-6-7-15/h5,10-12,15,18H,3-4,6-9H2,1-2H3/b13-5+. The summed E-state index contributed by atoms with van der Waals surface area (Å²) < 4.78 is 5.61. The summed E-state index contributed by atoms with van der Waals surface area (Å²) in [6.45, 7) is 6.06. The van der Waals surface area contributed by atoms with Crippen molar-refractivity contribution in [3.8, 4) is 5.75 Å². The van der Waals surface area contributed by atoms with Crippen LogP contribution in [0.1, 0.15) is 45.1 Å². The predicted octanol–water partition coefficient (Wildman–Crippen LogP) is 3.42. The number of hydrogen-bond acceptors (Lipinski definition) is 3. The highest BCUT2D eigenvalue weighted by molar-refractivity contribution is 5.63. The summed E-state index contributed by atoms with van der Waals surface area (Å²) in [5.74, 6) is 0.864. The van der Waals surface area contributed by atoms with Crippen molar-refractivity contribution in [2.45, 2.75) is 45.6 Å². The summed E-state index contributed by atoms with van der Waals surface area (Å²) in [5, 5.41) is 3.52. The summed E-state index contributed by atoms with van der Waals surface area (Å²) in [7, 11) is 0. The van der Waals surface area contributed by atoms with E-state index in [2.05, 4.69) is 36.3 Å². The van der Waals surface area contributed by atoms with E-state index in [-0.39, 0.29) is 0 Å². The van der Waals surface area contributed by atoms with Crippen LogP contribution in [0.4, 0.5) is 0 Å². The van der Waals surface area contributed by atoms with E-state index >= 15 is 0 Å². The molecule has 1 aliphatic rings. The van der Waals surface area contributed by atoms with Crippen molar-refractivity contribution in [3.63, 3.8) is 0 Å². The lowest BCUT2D eigenvalue weighted by Gasteiger charge is -2.07. The number of allylic oxidation sites excluding steroid dienone is 1. The van der Waals surface area contributed by atoms with E-state index in [9.17, 15) is 0 Å². The van der Waals surface area contributed by atoms with Gasteiger partial charge in [0.25, 0.3) is 0 Å². The molecular weight excluding hydrogens is 236 g/mol. The molecule has 1 heterocycles. The van der Waals surface area contributed by atoms with Gasteiger partial charge < -0.3 is 10.1 Å². The largest absolute Gasteiger partial charge is 0.492 e. The highest BCUT2D eigenvalue weighted by Gasteiger charge is 2.19. The lowest BCUT2D eigenvalue weighted by molar-refractivity contribution is 0.316. The number of nitrogens with zero attached hydrogens (tertiary/aromatic N) is 1. The van der Waals surface area contributed by atoms with Gasteiger partial charge in [0.1, 0.15) is 5.75 Å². The normalized spacial score (nSPS) is 15.6. The first-order valence-electron chi connectivity index (χ1n) is 7.28. The first-order valence-corrected chi connectivity index (χ1v) is 7.28. The van der Waals surface area contributed by atoms with Crippen LogP contribution >= 0.6 is 0 Å². The highest BCUT2D eigenvalue weighted by atomic mass is 16.5. The fourth-order valence-corrected chi connectivity index (χ4v) is 1.91. The van der Waals surface area contributed by atoms with E-state index in [1.54, 1.807) is 6.20 Å². The van der Waals surface area contributed by atoms with Crippen LogP contribution in [0.2, 0.25) is 0 Å². The smallest absolute Gasteiger partial charge is 0.138 e. The fraction of sp³-hybridized carbons (Fsp3) is 0.562. The Morgan fingerprint density at radius 3 is 3.05 bits per heavy atom. The summed E-state index contributed by atoms with van der Waals surface area (Å²) >= 11 is 0. The van der Waals surface area contributed by atoms with Crippen LogP contribution in [0.3, 0.4) is 0 Å². The Bertz CT molecular complexity index is 425. The van der Waals surface area contributed by atoms with E-state index in [1.807, 2.05) is 6.20 Å². The fourth-order valence-electron chi connectivity index (χ4n) is 1.91. The van der Waals surface area contributed by atoms with Gasteiger partial charge in [0.15, 0.2) is 0 Å². The van der Waals surface area contributed by atoms with Crippen LogP contribution in [0, 0.1) is 0 Å². The van der Waals surface area contributed by atoms with Crippen molar-refractivity contribution in [2.24, 2.45) is 0 Å². The second-order valence-corrected chi connectivity index (χ2v) is 5.16. The van der Waals surface area contributed by atoms with Gasteiger partial charge in [-0.1, -0.05) is 13.0 Å². The van der Waals surface area contributed by atoms with Gasteiger partial charge in [0.2, 0.25) is 0 Å². The molecule has 3 heteroatoms. The molecule has 0 spiro atoms. The monoisotopic (exact) mass is 260 g/mol. The molecule has 0 amide bonds. The second kappa shape index (κ2) is 7.29. The van der Waals surface area contributed by atoms with E-state index in [1.165, 1.54) is 18.4 Å². The SMILES string of the molecule is CCCOc1cncc(/C(C)=C/CCNC2CC2)c1. The Labute approximate surface area is 116 Å². The average Bonchev–Trinajstić information content (AvgIpc) is 3.25. The molecule has 104 valence electrons. The van der Waals surface area contributed by atoms with Crippen LogP contribution < -0.4 is 10.1 Å². The zero-order valence-electron chi connectivity index (χ0n) is 12.0. The maximum atomic E-state index is 5.61. The first kappa shape index (κ1) is 14.1. The van der Waals surface area contributed by atoms with Crippen LogP contribution in [-0.4, -0.2) is 24.2 Å². The van der Waals surface area contributed by atoms with Gasteiger partial charge in [0, 0.05) is 12.2 Å². The molecule has 3 nitrogen and oxygen atoms in total. The number of pyridine rings is 1. The Kier molecular flexibility index (Phi) is 5.40. The number of hydrogen-bond donors (Lipinski definition) is 1. The van der Waals surface area contributed by atoms with Crippen LogP contribution in [0.15, 0.2) is 24.5 Å². The molecule has 1 N–H and O–H groups in total. The molecule has 19 heavy (non-hydrogen) atoms. The molecule has 0 atom stereocenters. The Morgan fingerprint density at radius 1 is 1.47 bits per heavy atom. The molecule has 0 aliphatic heterocycles. The minimum Gasteiger partial charge on any atom is -0.492 e. The van der Waals surface area contributed by atoms with Gasteiger partial charge >= 0.3 is 0 Å². The summed E-state index contributed by atoms with van der Waals surface area (Å²) in [4.78, 5) is 4.24. The number of nitrogens with one attached hydrogen (secondary N) is 1. The van der Waals surface area contributed by atoms with Crippen molar-refractivity contribution in [2.75, 3.05) is 13.2 Å². The summed E-state index contributed by atoms with van der Waals surface area (Å²) in [5.41, 5.74) is 2.42. The minimum absolute atomic E-state index is 0.749. The molecule has 0 saturated heterocycles. The molecule has 0 radical (unpaired) electrons. The summed E-state index contributed by atoms with van der Waals surface area (Å²) in [6, 6.07) is 2.86. The van der Waals surface area contributed by atoms with E-state index in [0.717, 1.165) is 43.3 Å². The van der Waals surface area contributed by atoms with Gasteiger partial charge in [0.05, 0.1) is 12.8 Å². The summed E-state index contributed by atoms with van der Waals surface area (Å²) in [6.07, 6.45) is 10.7.